The number of aryl methyl sites for hydroxylation is 2. The van der Waals surface area contributed by atoms with Crippen molar-refractivity contribution in [3.8, 4) is 0 Å². The van der Waals surface area contributed by atoms with Crippen LogP contribution >= 0.6 is 0 Å². The molecule has 3 aromatic rings. The summed E-state index contributed by atoms with van der Waals surface area (Å²) in [6.07, 6.45) is 3.41. The van der Waals surface area contributed by atoms with Gasteiger partial charge >= 0.3 is 0 Å². The van der Waals surface area contributed by atoms with E-state index in [2.05, 4.69) is 39.4 Å². The van der Waals surface area contributed by atoms with Gasteiger partial charge in [0, 0.05) is 52.9 Å². The smallest absolute Gasteiger partial charge is 0.251 e. The summed E-state index contributed by atoms with van der Waals surface area (Å²) in [6, 6.07) is 8.02. The number of nitrogens with zero attached hydrogens (tertiary/aromatic N) is 2. The number of nitrogens with one attached hydrogen (secondary N) is 3. The maximum Gasteiger partial charge on any atom is 0.251 e. The summed E-state index contributed by atoms with van der Waals surface area (Å²) in [5.41, 5.74) is 5.16. The fraction of sp³-hybridized carbons (Fsp3) is 0.350. The van der Waals surface area contributed by atoms with E-state index in [1.54, 1.807) is 6.33 Å². The van der Waals surface area contributed by atoms with E-state index in [0.29, 0.717) is 11.5 Å². The Balaban J connectivity index is 1.41. The average Bonchev–Trinajstić information content (AvgIpc) is 2.91. The number of H-pyrrole nitrogens is 1. The number of carbonyl (C=O) groups excluding carboxylic acids is 1. The highest BCUT2D eigenvalue weighted by Crippen LogP contribution is 2.36. The molecule has 1 saturated carbocycles. The van der Waals surface area contributed by atoms with Gasteiger partial charge < -0.3 is 15.6 Å². The van der Waals surface area contributed by atoms with Crippen molar-refractivity contribution in [1.82, 2.24) is 20.3 Å². The molecule has 0 atom stereocenters. The number of hydrogen-bond acceptors (Lipinski definition) is 4. The monoisotopic (exact) mass is 349 g/mol. The van der Waals surface area contributed by atoms with Crippen LogP contribution in [0.4, 0.5) is 5.82 Å². The molecule has 1 amide bonds. The van der Waals surface area contributed by atoms with Gasteiger partial charge in [-0.3, -0.25) is 4.79 Å². The Bertz CT molecular complexity index is 971. The first-order valence-electron chi connectivity index (χ1n) is 8.94. The molecule has 1 aliphatic carbocycles. The Morgan fingerprint density at radius 1 is 1.19 bits per heavy atom. The first-order chi connectivity index (χ1) is 12.5. The molecule has 2 aromatic heterocycles. The summed E-state index contributed by atoms with van der Waals surface area (Å²) in [7, 11) is 1.85. The van der Waals surface area contributed by atoms with E-state index in [9.17, 15) is 4.79 Å². The third-order valence-corrected chi connectivity index (χ3v) is 5.41. The Morgan fingerprint density at radius 2 is 2.00 bits per heavy atom. The molecule has 3 N–H and O–H groups in total. The molecule has 0 spiro atoms. The molecule has 0 bridgehead atoms. The summed E-state index contributed by atoms with van der Waals surface area (Å²) < 4.78 is 0. The van der Waals surface area contributed by atoms with E-state index in [1.165, 1.54) is 5.56 Å². The van der Waals surface area contributed by atoms with E-state index >= 15 is 0 Å². The largest absolute Gasteiger partial charge is 0.373 e. The molecule has 2 heterocycles. The van der Waals surface area contributed by atoms with Crippen molar-refractivity contribution in [2.24, 2.45) is 0 Å². The SMILES string of the molecule is CNc1cc(C2CC(NC(=O)c3ccc4[nH]c(C)c(C)c4c3)C2)ncn1. The molecule has 26 heavy (non-hydrogen) atoms. The van der Waals surface area contributed by atoms with Crippen LogP contribution in [-0.4, -0.2) is 33.9 Å². The molecule has 6 heteroatoms. The topological polar surface area (TPSA) is 82.7 Å². The quantitative estimate of drug-likeness (QED) is 0.675. The molecule has 1 fully saturated rings. The molecule has 0 unspecified atom stereocenters. The van der Waals surface area contributed by atoms with Crippen molar-refractivity contribution in [2.75, 3.05) is 12.4 Å². The number of carbonyl (C=O) groups is 1. The molecule has 4 rings (SSSR count). The van der Waals surface area contributed by atoms with Crippen LogP contribution in [0.15, 0.2) is 30.6 Å². The summed E-state index contributed by atoms with van der Waals surface area (Å²) in [4.78, 5) is 24.4. The number of aromatic amines is 1. The highest BCUT2D eigenvalue weighted by molar-refractivity contribution is 5.99. The zero-order valence-corrected chi connectivity index (χ0v) is 15.3. The second kappa shape index (κ2) is 6.44. The van der Waals surface area contributed by atoms with Crippen LogP contribution in [0.3, 0.4) is 0 Å². The Labute approximate surface area is 152 Å². The summed E-state index contributed by atoms with van der Waals surface area (Å²) in [5.74, 6) is 1.20. The van der Waals surface area contributed by atoms with Gasteiger partial charge in [-0.05, 0) is 50.5 Å². The van der Waals surface area contributed by atoms with Gasteiger partial charge in [-0.1, -0.05) is 0 Å². The standard InChI is InChI=1S/C20H23N5O/c1-11-12(2)24-17-5-4-13(8-16(11)17)20(26)25-15-6-14(7-15)18-9-19(21-3)23-10-22-18/h4-5,8-10,14-15,24H,6-7H2,1-3H3,(H,25,26)(H,21,22,23). The summed E-state index contributed by atoms with van der Waals surface area (Å²) >= 11 is 0. The van der Waals surface area contributed by atoms with Crippen molar-refractivity contribution < 1.29 is 4.79 Å². The van der Waals surface area contributed by atoms with E-state index in [1.807, 2.05) is 31.3 Å². The molecular weight excluding hydrogens is 326 g/mol. The second-order valence-electron chi connectivity index (χ2n) is 7.05. The Morgan fingerprint density at radius 3 is 2.77 bits per heavy atom. The first kappa shape index (κ1) is 16.6. The fourth-order valence-electron chi connectivity index (χ4n) is 3.58. The van der Waals surface area contributed by atoms with Gasteiger partial charge in [0.25, 0.3) is 5.91 Å². The molecule has 6 nitrogen and oxygen atoms in total. The number of benzene rings is 1. The van der Waals surface area contributed by atoms with E-state index < -0.39 is 0 Å². The van der Waals surface area contributed by atoms with Crippen LogP contribution in [0, 0.1) is 13.8 Å². The normalized spacial score (nSPS) is 19.2. The van der Waals surface area contributed by atoms with E-state index in [4.69, 9.17) is 0 Å². The van der Waals surface area contributed by atoms with Gasteiger partial charge in [0.05, 0.1) is 0 Å². The lowest BCUT2D eigenvalue weighted by Crippen LogP contribution is -2.43. The summed E-state index contributed by atoms with van der Waals surface area (Å²) in [5, 5.41) is 7.29. The van der Waals surface area contributed by atoms with Crippen LogP contribution in [-0.2, 0) is 0 Å². The van der Waals surface area contributed by atoms with Crippen LogP contribution in [0.2, 0.25) is 0 Å². The van der Waals surface area contributed by atoms with Gasteiger partial charge in [-0.2, -0.15) is 0 Å². The first-order valence-corrected chi connectivity index (χ1v) is 8.94. The second-order valence-corrected chi connectivity index (χ2v) is 7.05. The minimum Gasteiger partial charge on any atom is -0.373 e. The minimum absolute atomic E-state index is 0.00722. The van der Waals surface area contributed by atoms with Gasteiger partial charge in [0.2, 0.25) is 0 Å². The number of aromatic nitrogens is 3. The van der Waals surface area contributed by atoms with Crippen molar-refractivity contribution in [3.05, 3.63) is 53.1 Å². The Kier molecular flexibility index (Phi) is 4.11. The zero-order valence-electron chi connectivity index (χ0n) is 15.3. The molecule has 1 aliphatic rings. The lowest BCUT2D eigenvalue weighted by atomic mass is 9.78. The van der Waals surface area contributed by atoms with Crippen molar-refractivity contribution in [2.45, 2.75) is 38.6 Å². The number of anilines is 1. The van der Waals surface area contributed by atoms with Crippen molar-refractivity contribution in [3.63, 3.8) is 0 Å². The minimum atomic E-state index is -0.00722. The van der Waals surface area contributed by atoms with Crippen LogP contribution in [0.5, 0.6) is 0 Å². The van der Waals surface area contributed by atoms with Crippen molar-refractivity contribution >= 4 is 22.6 Å². The summed E-state index contributed by atoms with van der Waals surface area (Å²) in [6.45, 7) is 4.13. The highest BCUT2D eigenvalue weighted by Gasteiger charge is 2.32. The molecule has 134 valence electrons. The molecule has 1 aromatic carbocycles. The lowest BCUT2D eigenvalue weighted by Gasteiger charge is -2.35. The number of rotatable bonds is 4. The van der Waals surface area contributed by atoms with E-state index in [-0.39, 0.29) is 11.9 Å². The zero-order chi connectivity index (χ0) is 18.3. The average molecular weight is 349 g/mol. The third kappa shape index (κ3) is 2.92. The number of hydrogen-bond donors (Lipinski definition) is 3. The molecule has 0 saturated heterocycles. The fourth-order valence-corrected chi connectivity index (χ4v) is 3.58. The van der Waals surface area contributed by atoms with Gasteiger partial charge in [0.15, 0.2) is 0 Å². The maximum atomic E-state index is 12.6. The van der Waals surface area contributed by atoms with Crippen molar-refractivity contribution in [1.29, 1.82) is 0 Å². The third-order valence-electron chi connectivity index (χ3n) is 5.41. The predicted octanol–water partition coefficient (Wildman–Crippen LogP) is 3.29. The highest BCUT2D eigenvalue weighted by atomic mass is 16.1. The van der Waals surface area contributed by atoms with Gasteiger partial charge in [-0.25, -0.2) is 9.97 Å². The molecule has 0 aliphatic heterocycles. The lowest BCUT2D eigenvalue weighted by molar-refractivity contribution is 0.0908. The molecular formula is C20H23N5O. The van der Waals surface area contributed by atoms with Gasteiger partial charge in [-0.15, -0.1) is 0 Å². The predicted molar refractivity (Wildman–Crippen MR) is 103 cm³/mol. The Hall–Kier alpha value is -2.89. The van der Waals surface area contributed by atoms with E-state index in [0.717, 1.165) is 41.0 Å². The molecule has 0 radical (unpaired) electrons. The van der Waals surface area contributed by atoms with Crippen LogP contribution < -0.4 is 10.6 Å². The van der Waals surface area contributed by atoms with Crippen LogP contribution in [0.25, 0.3) is 10.9 Å². The maximum absolute atomic E-state index is 12.6. The van der Waals surface area contributed by atoms with Crippen LogP contribution in [0.1, 0.15) is 46.1 Å². The van der Waals surface area contributed by atoms with Gasteiger partial charge in [0.1, 0.15) is 12.1 Å². The number of amides is 1. The number of fused-ring (bicyclic) bond motifs is 1.